The maximum atomic E-state index is 13.1. The summed E-state index contributed by atoms with van der Waals surface area (Å²) in [5.41, 5.74) is 2.78. The van der Waals surface area contributed by atoms with E-state index < -0.39 is 11.6 Å². The molecule has 0 saturated heterocycles. The molecule has 3 rings (SSSR count). The highest BCUT2D eigenvalue weighted by atomic mass is 19.2. The zero-order valence-electron chi connectivity index (χ0n) is 8.61. The van der Waals surface area contributed by atoms with Crippen LogP contribution in [0.15, 0.2) is 36.7 Å². The third kappa shape index (κ3) is 1.65. The van der Waals surface area contributed by atoms with E-state index in [1.54, 1.807) is 18.5 Å². The van der Waals surface area contributed by atoms with Gasteiger partial charge in [0.05, 0.1) is 11.7 Å². The number of benzene rings is 1. The summed E-state index contributed by atoms with van der Waals surface area (Å²) in [5, 5.41) is 6.62. The summed E-state index contributed by atoms with van der Waals surface area (Å²) in [6.45, 7) is 0. The average molecular weight is 231 g/mol. The lowest BCUT2D eigenvalue weighted by atomic mass is 10.1. The van der Waals surface area contributed by atoms with E-state index in [1.165, 1.54) is 6.07 Å². The Morgan fingerprint density at radius 3 is 2.65 bits per heavy atom. The van der Waals surface area contributed by atoms with Gasteiger partial charge in [-0.2, -0.15) is 5.10 Å². The van der Waals surface area contributed by atoms with E-state index in [0.717, 1.165) is 23.2 Å². The number of rotatable bonds is 1. The van der Waals surface area contributed by atoms with Crippen molar-refractivity contribution in [3.8, 4) is 11.1 Å². The predicted molar refractivity (Wildman–Crippen MR) is 59.2 cm³/mol. The van der Waals surface area contributed by atoms with Crippen molar-refractivity contribution in [2.24, 2.45) is 0 Å². The largest absolute Gasteiger partial charge is 0.276 e. The molecule has 0 radical (unpaired) electrons. The molecule has 2 aromatic heterocycles. The highest BCUT2D eigenvalue weighted by Gasteiger charge is 2.06. The van der Waals surface area contributed by atoms with Crippen LogP contribution in [-0.2, 0) is 0 Å². The van der Waals surface area contributed by atoms with Gasteiger partial charge in [-0.05, 0) is 23.8 Å². The Morgan fingerprint density at radius 1 is 0.941 bits per heavy atom. The van der Waals surface area contributed by atoms with Crippen LogP contribution in [-0.4, -0.2) is 15.2 Å². The molecular weight excluding hydrogens is 224 g/mol. The third-order valence-electron chi connectivity index (χ3n) is 2.54. The van der Waals surface area contributed by atoms with Gasteiger partial charge in [0, 0.05) is 11.8 Å². The van der Waals surface area contributed by atoms with Crippen molar-refractivity contribution in [2.75, 3.05) is 0 Å². The standard InChI is InChI=1S/C12H7F2N3/c13-9-2-1-7(3-10(9)14)8-4-11-12(15-5-8)6-16-17-11/h1-6H,(H,16,17). The van der Waals surface area contributed by atoms with Crippen LogP contribution in [0.1, 0.15) is 0 Å². The number of fused-ring (bicyclic) bond motifs is 1. The lowest BCUT2D eigenvalue weighted by Crippen LogP contribution is -1.86. The van der Waals surface area contributed by atoms with Gasteiger partial charge in [-0.25, -0.2) is 8.78 Å². The summed E-state index contributed by atoms with van der Waals surface area (Å²) in [5.74, 6) is -1.73. The fourth-order valence-electron chi connectivity index (χ4n) is 1.66. The van der Waals surface area contributed by atoms with Crippen LogP contribution in [0.3, 0.4) is 0 Å². The van der Waals surface area contributed by atoms with Crippen molar-refractivity contribution in [1.29, 1.82) is 0 Å². The van der Waals surface area contributed by atoms with Crippen LogP contribution in [0, 0.1) is 11.6 Å². The second kappa shape index (κ2) is 3.62. The van der Waals surface area contributed by atoms with Crippen molar-refractivity contribution in [3.63, 3.8) is 0 Å². The SMILES string of the molecule is Fc1ccc(-c2cnc3cn[nH]c3c2)cc1F. The Kier molecular flexibility index (Phi) is 2.11. The molecule has 84 valence electrons. The van der Waals surface area contributed by atoms with Gasteiger partial charge in [0.2, 0.25) is 0 Å². The normalized spacial score (nSPS) is 10.9. The first-order valence-corrected chi connectivity index (χ1v) is 4.98. The molecule has 17 heavy (non-hydrogen) atoms. The van der Waals surface area contributed by atoms with Crippen LogP contribution in [0.5, 0.6) is 0 Å². The van der Waals surface area contributed by atoms with E-state index >= 15 is 0 Å². The Labute approximate surface area is 95.1 Å². The molecule has 0 spiro atoms. The fourth-order valence-corrected chi connectivity index (χ4v) is 1.66. The highest BCUT2D eigenvalue weighted by Crippen LogP contribution is 2.23. The van der Waals surface area contributed by atoms with E-state index in [4.69, 9.17) is 0 Å². The molecule has 0 aliphatic rings. The minimum atomic E-state index is -0.868. The van der Waals surface area contributed by atoms with Crippen molar-refractivity contribution in [1.82, 2.24) is 15.2 Å². The molecule has 0 atom stereocenters. The predicted octanol–water partition coefficient (Wildman–Crippen LogP) is 2.90. The molecule has 5 heteroatoms. The highest BCUT2D eigenvalue weighted by molar-refractivity contribution is 5.79. The first kappa shape index (κ1) is 9.89. The first-order chi connectivity index (χ1) is 8.24. The van der Waals surface area contributed by atoms with E-state index in [9.17, 15) is 8.78 Å². The Morgan fingerprint density at radius 2 is 1.82 bits per heavy atom. The molecule has 3 aromatic rings. The van der Waals surface area contributed by atoms with Crippen molar-refractivity contribution < 1.29 is 8.78 Å². The van der Waals surface area contributed by atoms with Gasteiger partial charge in [-0.1, -0.05) is 6.07 Å². The summed E-state index contributed by atoms with van der Waals surface area (Å²) in [7, 11) is 0. The fraction of sp³-hybridized carbons (Fsp3) is 0. The molecule has 0 aliphatic carbocycles. The number of aromatic amines is 1. The number of aromatic nitrogens is 3. The molecule has 0 aliphatic heterocycles. The molecule has 3 nitrogen and oxygen atoms in total. The maximum absolute atomic E-state index is 13.1. The minimum Gasteiger partial charge on any atom is -0.276 e. The van der Waals surface area contributed by atoms with Crippen LogP contribution in [0.4, 0.5) is 8.78 Å². The molecular formula is C12H7F2N3. The molecule has 0 saturated carbocycles. The molecule has 0 fully saturated rings. The summed E-state index contributed by atoms with van der Waals surface area (Å²) in [6.07, 6.45) is 3.20. The summed E-state index contributed by atoms with van der Waals surface area (Å²) in [4.78, 5) is 4.16. The molecule has 2 heterocycles. The number of nitrogens with one attached hydrogen (secondary N) is 1. The zero-order valence-corrected chi connectivity index (χ0v) is 8.61. The Hall–Kier alpha value is -2.30. The third-order valence-corrected chi connectivity index (χ3v) is 2.54. The van der Waals surface area contributed by atoms with Gasteiger partial charge in [0.15, 0.2) is 11.6 Å². The lowest BCUT2D eigenvalue weighted by Gasteiger charge is -2.01. The maximum Gasteiger partial charge on any atom is 0.159 e. The molecule has 0 bridgehead atoms. The van der Waals surface area contributed by atoms with Gasteiger partial charge in [0.1, 0.15) is 5.52 Å². The topological polar surface area (TPSA) is 41.6 Å². The summed E-state index contributed by atoms with van der Waals surface area (Å²) < 4.78 is 25.9. The van der Waals surface area contributed by atoms with Gasteiger partial charge in [-0.15, -0.1) is 0 Å². The van der Waals surface area contributed by atoms with Gasteiger partial charge in [0.25, 0.3) is 0 Å². The monoisotopic (exact) mass is 231 g/mol. The van der Waals surface area contributed by atoms with Crippen LogP contribution < -0.4 is 0 Å². The number of hydrogen-bond acceptors (Lipinski definition) is 2. The van der Waals surface area contributed by atoms with Crippen molar-refractivity contribution in [3.05, 3.63) is 48.3 Å². The smallest absolute Gasteiger partial charge is 0.159 e. The number of halogens is 2. The van der Waals surface area contributed by atoms with E-state index in [2.05, 4.69) is 15.2 Å². The average Bonchev–Trinajstić information content (AvgIpc) is 2.79. The minimum absolute atomic E-state index is 0.577. The number of pyridine rings is 1. The summed E-state index contributed by atoms with van der Waals surface area (Å²) >= 11 is 0. The van der Waals surface area contributed by atoms with Crippen LogP contribution in [0.25, 0.3) is 22.2 Å². The first-order valence-electron chi connectivity index (χ1n) is 4.98. The van der Waals surface area contributed by atoms with Gasteiger partial charge < -0.3 is 0 Å². The van der Waals surface area contributed by atoms with Crippen molar-refractivity contribution >= 4 is 11.0 Å². The van der Waals surface area contributed by atoms with E-state index in [-0.39, 0.29) is 0 Å². The zero-order chi connectivity index (χ0) is 11.8. The van der Waals surface area contributed by atoms with Crippen LogP contribution in [0.2, 0.25) is 0 Å². The summed E-state index contributed by atoms with van der Waals surface area (Å²) in [6, 6.07) is 5.55. The van der Waals surface area contributed by atoms with Crippen molar-refractivity contribution in [2.45, 2.75) is 0 Å². The number of hydrogen-bond donors (Lipinski definition) is 1. The van der Waals surface area contributed by atoms with E-state index in [0.29, 0.717) is 11.1 Å². The van der Waals surface area contributed by atoms with Crippen LogP contribution >= 0.6 is 0 Å². The molecule has 1 N–H and O–H groups in total. The molecule has 1 aromatic carbocycles. The second-order valence-electron chi connectivity index (χ2n) is 3.66. The molecule has 0 unspecified atom stereocenters. The Balaban J connectivity index is 2.16. The second-order valence-corrected chi connectivity index (χ2v) is 3.66. The van der Waals surface area contributed by atoms with Gasteiger partial charge in [-0.3, -0.25) is 10.1 Å². The Bertz CT molecular complexity index is 691. The number of H-pyrrole nitrogens is 1. The lowest BCUT2D eigenvalue weighted by molar-refractivity contribution is 0.509. The number of nitrogens with zero attached hydrogens (tertiary/aromatic N) is 2. The molecule has 0 amide bonds. The quantitative estimate of drug-likeness (QED) is 0.699. The van der Waals surface area contributed by atoms with Gasteiger partial charge >= 0.3 is 0 Å². The van der Waals surface area contributed by atoms with E-state index in [1.807, 2.05) is 0 Å².